The third kappa shape index (κ3) is 3.62. The molecule has 0 aromatic rings. The van der Waals surface area contributed by atoms with Crippen molar-refractivity contribution in [2.45, 2.75) is 87.9 Å². The second kappa shape index (κ2) is 8.65. The first-order valence-electron chi connectivity index (χ1n) is 11.2. The minimum absolute atomic E-state index is 0.0316. The van der Waals surface area contributed by atoms with Crippen LogP contribution in [-0.2, 0) is 18.9 Å². The standard InChI is InChI=1S/C21H36O11/c1-19-4-3-10(20(19,2)7-22)5-12(19)32-17-15(26)14(25)13(24)11(31-17)6-29-18-16(27)21(28,8-23)9-30-18/h10-18,22-28H,3-9H2,1-2H3/t10-,11+,12+,13+,14-,15+,16-,17-,18+,19+,20-,21+/m0/s1. The Bertz CT molecular complexity index is 680. The van der Waals surface area contributed by atoms with E-state index in [-0.39, 0.29) is 42.7 Å². The van der Waals surface area contributed by atoms with Gasteiger partial charge in [0.1, 0.15) is 36.1 Å². The molecule has 4 fully saturated rings. The third-order valence-electron chi connectivity index (χ3n) is 8.73. The average Bonchev–Trinajstić information content (AvgIpc) is 3.29. The van der Waals surface area contributed by atoms with E-state index in [4.69, 9.17) is 18.9 Å². The lowest BCUT2D eigenvalue weighted by atomic mass is 9.69. The lowest BCUT2D eigenvalue weighted by Gasteiger charge is -2.45. The summed E-state index contributed by atoms with van der Waals surface area (Å²) in [5.74, 6) is 0.282. The second-order valence-electron chi connectivity index (χ2n) is 10.3. The smallest absolute Gasteiger partial charge is 0.186 e. The zero-order valence-corrected chi connectivity index (χ0v) is 18.4. The van der Waals surface area contributed by atoms with Crippen molar-refractivity contribution in [3.8, 4) is 0 Å². The first-order valence-corrected chi connectivity index (χ1v) is 11.2. The van der Waals surface area contributed by atoms with Crippen molar-refractivity contribution in [1.82, 2.24) is 0 Å². The molecule has 0 aromatic carbocycles. The number of aliphatic hydroxyl groups is 7. The Balaban J connectivity index is 1.40. The van der Waals surface area contributed by atoms with Crippen LogP contribution in [0.15, 0.2) is 0 Å². The van der Waals surface area contributed by atoms with Gasteiger partial charge in [-0.1, -0.05) is 13.8 Å². The molecule has 11 heteroatoms. The van der Waals surface area contributed by atoms with Crippen molar-refractivity contribution < 1.29 is 54.7 Å². The molecule has 2 saturated carbocycles. The molecule has 2 heterocycles. The van der Waals surface area contributed by atoms with Crippen LogP contribution in [0.25, 0.3) is 0 Å². The minimum atomic E-state index is -1.85. The van der Waals surface area contributed by atoms with Crippen molar-refractivity contribution in [3.05, 3.63) is 0 Å². The van der Waals surface area contributed by atoms with Gasteiger partial charge in [-0.05, 0) is 25.2 Å². The van der Waals surface area contributed by atoms with Gasteiger partial charge in [-0.15, -0.1) is 0 Å². The maximum Gasteiger partial charge on any atom is 0.186 e. The monoisotopic (exact) mass is 464 g/mol. The van der Waals surface area contributed by atoms with Gasteiger partial charge >= 0.3 is 0 Å². The highest BCUT2D eigenvalue weighted by molar-refractivity contribution is 5.13. The SMILES string of the molecule is C[C@]1(CO)[C@H]2CC[C@]1(C)[C@H](O[C@@H]1O[C@H](CO[C@@H]3OC[C@](O)(CO)[C@H]3O)[C@@H](O)[C@H](O)[C@H]1O)C2. The van der Waals surface area contributed by atoms with Crippen molar-refractivity contribution in [3.63, 3.8) is 0 Å². The summed E-state index contributed by atoms with van der Waals surface area (Å²) in [5.41, 5.74) is -2.48. The van der Waals surface area contributed by atoms with Crippen LogP contribution in [0, 0.1) is 16.7 Å². The Kier molecular flexibility index (Phi) is 6.67. The molecule has 4 aliphatic rings. The Labute approximate surface area is 186 Å². The van der Waals surface area contributed by atoms with Gasteiger partial charge in [0.25, 0.3) is 0 Å². The summed E-state index contributed by atoms with van der Waals surface area (Å²) in [6.45, 7) is 2.76. The topological polar surface area (TPSA) is 179 Å². The number of ether oxygens (including phenoxy) is 4. The van der Waals surface area contributed by atoms with Crippen LogP contribution in [0.1, 0.15) is 33.1 Å². The summed E-state index contributed by atoms with van der Waals surface area (Å²) < 4.78 is 22.5. The van der Waals surface area contributed by atoms with Crippen LogP contribution in [0.4, 0.5) is 0 Å². The van der Waals surface area contributed by atoms with Crippen LogP contribution >= 0.6 is 0 Å². The summed E-state index contributed by atoms with van der Waals surface area (Å²) in [4.78, 5) is 0. The number of hydrogen-bond donors (Lipinski definition) is 7. The van der Waals surface area contributed by atoms with Crippen molar-refractivity contribution in [2.24, 2.45) is 16.7 Å². The molecular formula is C21H36O11. The lowest BCUT2D eigenvalue weighted by molar-refractivity contribution is -0.326. The summed E-state index contributed by atoms with van der Waals surface area (Å²) in [6, 6.07) is 0. The van der Waals surface area contributed by atoms with Crippen LogP contribution in [0.5, 0.6) is 0 Å². The van der Waals surface area contributed by atoms with Gasteiger partial charge in [0.2, 0.25) is 0 Å². The summed E-state index contributed by atoms with van der Waals surface area (Å²) in [6.07, 6.45) is -7.39. The highest BCUT2D eigenvalue weighted by atomic mass is 16.7. The first-order chi connectivity index (χ1) is 15.0. The van der Waals surface area contributed by atoms with Crippen LogP contribution in [-0.4, -0.2) is 117 Å². The van der Waals surface area contributed by atoms with Gasteiger partial charge in [-0.25, -0.2) is 0 Å². The molecule has 11 nitrogen and oxygen atoms in total. The van der Waals surface area contributed by atoms with E-state index < -0.39 is 55.3 Å². The van der Waals surface area contributed by atoms with Crippen LogP contribution < -0.4 is 0 Å². The van der Waals surface area contributed by atoms with Crippen LogP contribution in [0.2, 0.25) is 0 Å². The van der Waals surface area contributed by atoms with E-state index in [2.05, 4.69) is 6.92 Å². The third-order valence-corrected chi connectivity index (χ3v) is 8.73. The molecule has 186 valence electrons. The maximum atomic E-state index is 10.5. The largest absolute Gasteiger partial charge is 0.396 e. The molecule has 7 N–H and O–H groups in total. The maximum absolute atomic E-state index is 10.5. The number of hydrogen-bond acceptors (Lipinski definition) is 11. The van der Waals surface area contributed by atoms with Crippen molar-refractivity contribution in [2.75, 3.05) is 26.4 Å². The summed E-state index contributed by atoms with van der Waals surface area (Å²) in [5, 5.41) is 70.6. The highest BCUT2D eigenvalue weighted by Gasteiger charge is 2.65. The minimum Gasteiger partial charge on any atom is -0.396 e. The molecule has 2 aliphatic carbocycles. The number of aliphatic hydroxyl groups excluding tert-OH is 6. The molecule has 32 heavy (non-hydrogen) atoms. The zero-order valence-electron chi connectivity index (χ0n) is 18.4. The Morgan fingerprint density at radius 2 is 1.69 bits per heavy atom. The molecule has 0 aromatic heterocycles. The van der Waals surface area contributed by atoms with Gasteiger partial charge in [-0.3, -0.25) is 0 Å². The fraction of sp³-hybridized carbons (Fsp3) is 1.00. The van der Waals surface area contributed by atoms with Gasteiger partial charge in [0.05, 0.1) is 25.9 Å². The molecule has 0 amide bonds. The summed E-state index contributed by atoms with van der Waals surface area (Å²) >= 11 is 0. The highest BCUT2D eigenvalue weighted by Crippen LogP contribution is 2.66. The van der Waals surface area contributed by atoms with Gasteiger partial charge in [0.15, 0.2) is 12.6 Å². The van der Waals surface area contributed by atoms with Crippen molar-refractivity contribution >= 4 is 0 Å². The van der Waals surface area contributed by atoms with Gasteiger partial charge < -0.3 is 54.7 Å². The van der Waals surface area contributed by atoms with Gasteiger partial charge in [0, 0.05) is 17.4 Å². The second-order valence-corrected chi connectivity index (χ2v) is 10.3. The number of rotatable bonds is 7. The quantitative estimate of drug-likeness (QED) is 0.211. The van der Waals surface area contributed by atoms with E-state index in [9.17, 15) is 35.7 Å². The predicted octanol–water partition coefficient (Wildman–Crippen LogP) is -2.54. The molecule has 2 bridgehead atoms. The molecule has 2 saturated heterocycles. The van der Waals surface area contributed by atoms with Gasteiger partial charge in [-0.2, -0.15) is 0 Å². The molecule has 4 rings (SSSR count). The fourth-order valence-electron chi connectivity index (χ4n) is 5.94. The lowest BCUT2D eigenvalue weighted by Crippen LogP contribution is -2.60. The zero-order chi connectivity index (χ0) is 23.5. The van der Waals surface area contributed by atoms with E-state index in [0.717, 1.165) is 12.8 Å². The van der Waals surface area contributed by atoms with Crippen molar-refractivity contribution in [1.29, 1.82) is 0 Å². The van der Waals surface area contributed by atoms with E-state index in [1.54, 1.807) is 0 Å². The van der Waals surface area contributed by atoms with E-state index in [1.807, 2.05) is 6.92 Å². The predicted molar refractivity (Wildman–Crippen MR) is 106 cm³/mol. The molecule has 0 spiro atoms. The normalized spacial score (nSPS) is 55.6. The van der Waals surface area contributed by atoms with E-state index >= 15 is 0 Å². The molecule has 0 radical (unpaired) electrons. The van der Waals surface area contributed by atoms with E-state index in [1.165, 1.54) is 0 Å². The van der Waals surface area contributed by atoms with E-state index in [0.29, 0.717) is 6.42 Å². The fourth-order valence-corrected chi connectivity index (χ4v) is 5.94. The Hall–Kier alpha value is -0.440. The molecular weight excluding hydrogens is 428 g/mol. The number of fused-ring (bicyclic) bond motifs is 2. The van der Waals surface area contributed by atoms with Crippen LogP contribution in [0.3, 0.4) is 0 Å². The summed E-state index contributed by atoms with van der Waals surface area (Å²) in [7, 11) is 0. The molecule has 0 unspecified atom stereocenters. The average molecular weight is 465 g/mol. The molecule has 12 atom stereocenters. The Morgan fingerprint density at radius 1 is 0.969 bits per heavy atom. The Morgan fingerprint density at radius 3 is 2.28 bits per heavy atom. The molecule has 2 aliphatic heterocycles. The first kappa shape index (κ1) is 24.7.